The minimum atomic E-state index is -0.194. The number of nitrogens with one attached hydrogen (secondary N) is 1. The van der Waals surface area contributed by atoms with Gasteiger partial charge < -0.3 is 14.8 Å². The maximum Gasteiger partial charge on any atom is 0.226 e. The van der Waals surface area contributed by atoms with Crippen molar-refractivity contribution in [3.05, 3.63) is 46.2 Å². The Hall–Kier alpha value is -2.45. The van der Waals surface area contributed by atoms with Crippen molar-refractivity contribution in [3.8, 4) is 23.3 Å². The summed E-state index contributed by atoms with van der Waals surface area (Å²) < 4.78 is 11.7. The number of carbonyl (C=O) groups excluding carboxylic acids is 1. The van der Waals surface area contributed by atoms with Gasteiger partial charge in [0.15, 0.2) is 11.5 Å². The molecule has 0 bridgehead atoms. The molecule has 0 radical (unpaired) electrons. The maximum absolute atomic E-state index is 11.7. The zero-order valence-electron chi connectivity index (χ0n) is 14.4. The molecule has 25 heavy (non-hydrogen) atoms. The van der Waals surface area contributed by atoms with Crippen molar-refractivity contribution in [1.82, 2.24) is 5.32 Å². The van der Waals surface area contributed by atoms with Crippen LogP contribution in [-0.4, -0.2) is 24.7 Å². The van der Waals surface area contributed by atoms with Crippen LogP contribution >= 0.6 is 11.3 Å². The van der Waals surface area contributed by atoms with Crippen LogP contribution in [0.15, 0.2) is 35.7 Å². The molecule has 0 saturated heterocycles. The monoisotopic (exact) mass is 355 g/mol. The van der Waals surface area contributed by atoms with Crippen molar-refractivity contribution in [2.24, 2.45) is 0 Å². The molecule has 1 aliphatic rings. The number of amides is 1. The second-order valence-corrected chi connectivity index (χ2v) is 7.49. The highest BCUT2D eigenvalue weighted by Gasteiger charge is 2.32. The van der Waals surface area contributed by atoms with E-state index >= 15 is 0 Å². The van der Waals surface area contributed by atoms with Gasteiger partial charge in [-0.2, -0.15) is 0 Å². The molecule has 0 fully saturated rings. The highest BCUT2D eigenvalue weighted by atomic mass is 32.1. The largest absolute Gasteiger partial charge is 0.483 e. The fourth-order valence-corrected chi connectivity index (χ4v) is 3.41. The van der Waals surface area contributed by atoms with Crippen molar-refractivity contribution >= 4 is 17.2 Å². The normalized spacial score (nSPS) is 14.0. The van der Waals surface area contributed by atoms with Gasteiger partial charge in [-0.25, -0.2) is 0 Å². The van der Waals surface area contributed by atoms with E-state index < -0.39 is 0 Å². The molecule has 1 aliphatic heterocycles. The molecule has 0 spiro atoms. The Morgan fingerprint density at radius 3 is 3.00 bits per heavy atom. The summed E-state index contributed by atoms with van der Waals surface area (Å²) in [7, 11) is 0. The lowest BCUT2D eigenvalue weighted by atomic mass is 10.0. The number of carbonyl (C=O) groups is 1. The van der Waals surface area contributed by atoms with Crippen LogP contribution in [0.5, 0.6) is 11.5 Å². The Morgan fingerprint density at radius 2 is 2.20 bits per heavy atom. The summed E-state index contributed by atoms with van der Waals surface area (Å²) in [6.45, 7) is 4.72. The van der Waals surface area contributed by atoms with Gasteiger partial charge in [0.1, 0.15) is 12.2 Å². The zero-order valence-corrected chi connectivity index (χ0v) is 15.2. The van der Waals surface area contributed by atoms with Gasteiger partial charge in [-0.05, 0) is 31.4 Å². The Labute approximate surface area is 152 Å². The molecule has 0 unspecified atom stereocenters. The molecule has 130 valence electrons. The summed E-state index contributed by atoms with van der Waals surface area (Å²) in [5, 5.41) is 4.75. The second kappa shape index (κ2) is 7.62. The van der Waals surface area contributed by atoms with Crippen LogP contribution in [0.1, 0.15) is 24.3 Å². The van der Waals surface area contributed by atoms with Crippen LogP contribution in [0.4, 0.5) is 0 Å². The SMILES string of the molecule is CC1(C)Cc2cccc(OCC#CCNC(=O)Cc3cccs3)c2O1. The molecule has 1 aromatic heterocycles. The van der Waals surface area contributed by atoms with Crippen LogP contribution in [0, 0.1) is 11.8 Å². The molecule has 0 saturated carbocycles. The van der Waals surface area contributed by atoms with Crippen LogP contribution in [-0.2, 0) is 17.6 Å². The van der Waals surface area contributed by atoms with Gasteiger partial charge in [0.05, 0.1) is 13.0 Å². The third-order valence-electron chi connectivity index (χ3n) is 3.77. The van der Waals surface area contributed by atoms with E-state index in [2.05, 4.69) is 37.1 Å². The fraction of sp³-hybridized carbons (Fsp3) is 0.350. The van der Waals surface area contributed by atoms with Crippen molar-refractivity contribution in [1.29, 1.82) is 0 Å². The standard InChI is InChI=1S/C20H21NO3S/c1-20(2)14-15-7-5-9-17(19(15)24-20)23-11-4-3-10-21-18(22)13-16-8-6-12-25-16/h5-9,12H,10-11,13-14H2,1-2H3,(H,21,22). The molecule has 3 rings (SSSR count). The van der Waals surface area contributed by atoms with E-state index in [4.69, 9.17) is 9.47 Å². The summed E-state index contributed by atoms with van der Waals surface area (Å²) in [4.78, 5) is 12.8. The summed E-state index contributed by atoms with van der Waals surface area (Å²) in [6.07, 6.45) is 1.28. The Balaban J connectivity index is 1.43. The minimum absolute atomic E-state index is 0.0193. The van der Waals surface area contributed by atoms with Gasteiger partial charge in [-0.1, -0.05) is 30.0 Å². The topological polar surface area (TPSA) is 47.6 Å². The number of ether oxygens (including phenoxy) is 2. The third kappa shape index (κ3) is 4.77. The first-order valence-corrected chi connectivity index (χ1v) is 9.10. The molecule has 4 nitrogen and oxygen atoms in total. The molecule has 5 heteroatoms. The first-order valence-electron chi connectivity index (χ1n) is 8.22. The molecular weight excluding hydrogens is 334 g/mol. The quantitative estimate of drug-likeness (QED) is 0.838. The smallest absolute Gasteiger partial charge is 0.226 e. The van der Waals surface area contributed by atoms with Gasteiger partial charge in [0.25, 0.3) is 0 Å². The molecule has 1 amide bonds. The number of hydrogen-bond donors (Lipinski definition) is 1. The Morgan fingerprint density at radius 1 is 1.32 bits per heavy atom. The number of rotatable bonds is 5. The van der Waals surface area contributed by atoms with E-state index in [1.165, 1.54) is 0 Å². The van der Waals surface area contributed by atoms with Gasteiger partial charge in [0, 0.05) is 16.9 Å². The van der Waals surface area contributed by atoms with Crippen molar-refractivity contribution in [2.75, 3.05) is 13.2 Å². The predicted octanol–water partition coefficient (Wildman–Crippen LogP) is 3.20. The van der Waals surface area contributed by atoms with Crippen molar-refractivity contribution < 1.29 is 14.3 Å². The highest BCUT2D eigenvalue weighted by Crippen LogP contribution is 2.41. The van der Waals surface area contributed by atoms with E-state index in [9.17, 15) is 4.79 Å². The van der Waals surface area contributed by atoms with Crippen LogP contribution < -0.4 is 14.8 Å². The van der Waals surface area contributed by atoms with E-state index in [-0.39, 0.29) is 18.1 Å². The van der Waals surface area contributed by atoms with Crippen molar-refractivity contribution in [2.45, 2.75) is 32.3 Å². The average molecular weight is 355 g/mol. The number of thiophene rings is 1. The van der Waals surface area contributed by atoms with E-state index in [1.54, 1.807) is 11.3 Å². The molecule has 0 atom stereocenters. The highest BCUT2D eigenvalue weighted by molar-refractivity contribution is 7.10. The van der Waals surface area contributed by atoms with E-state index in [0.717, 1.165) is 28.4 Å². The van der Waals surface area contributed by atoms with Crippen molar-refractivity contribution in [3.63, 3.8) is 0 Å². The summed E-state index contributed by atoms with van der Waals surface area (Å²) in [6, 6.07) is 9.81. The van der Waals surface area contributed by atoms with Gasteiger partial charge in [-0.3, -0.25) is 4.79 Å². The third-order valence-corrected chi connectivity index (χ3v) is 4.65. The summed E-state index contributed by atoms with van der Waals surface area (Å²) in [5.74, 6) is 7.35. The van der Waals surface area contributed by atoms with Crippen LogP contribution in [0.2, 0.25) is 0 Å². The summed E-state index contributed by atoms with van der Waals surface area (Å²) >= 11 is 1.58. The first kappa shape index (κ1) is 17.4. The zero-order chi connectivity index (χ0) is 17.7. The second-order valence-electron chi connectivity index (χ2n) is 6.46. The van der Waals surface area contributed by atoms with E-state index in [0.29, 0.717) is 13.0 Å². The summed E-state index contributed by atoms with van der Waals surface area (Å²) in [5.41, 5.74) is 0.969. The van der Waals surface area contributed by atoms with Crippen LogP contribution in [0.25, 0.3) is 0 Å². The maximum atomic E-state index is 11.7. The van der Waals surface area contributed by atoms with E-state index in [1.807, 2.05) is 29.6 Å². The van der Waals surface area contributed by atoms with Gasteiger partial charge in [0.2, 0.25) is 5.91 Å². The lowest BCUT2D eigenvalue weighted by Gasteiger charge is -2.17. The number of hydrogen-bond acceptors (Lipinski definition) is 4. The minimum Gasteiger partial charge on any atom is -0.483 e. The first-order chi connectivity index (χ1) is 12.0. The lowest BCUT2D eigenvalue weighted by Crippen LogP contribution is -2.25. The van der Waals surface area contributed by atoms with Gasteiger partial charge >= 0.3 is 0 Å². The molecule has 0 aliphatic carbocycles. The Kier molecular flexibility index (Phi) is 5.30. The number of benzene rings is 1. The molecule has 2 aromatic rings. The Bertz CT molecular complexity index is 800. The molecule has 1 aromatic carbocycles. The van der Waals surface area contributed by atoms with Gasteiger partial charge in [-0.15, -0.1) is 11.3 Å². The lowest BCUT2D eigenvalue weighted by molar-refractivity contribution is -0.120. The average Bonchev–Trinajstić information content (AvgIpc) is 3.16. The molecular formula is C20H21NO3S. The molecule has 2 heterocycles. The predicted molar refractivity (Wildman–Crippen MR) is 99.2 cm³/mol. The number of para-hydroxylation sites is 1. The van der Waals surface area contributed by atoms with Crippen LogP contribution in [0.3, 0.4) is 0 Å². The molecule has 1 N–H and O–H groups in total. The fourth-order valence-electron chi connectivity index (χ4n) is 2.71. The number of fused-ring (bicyclic) bond motifs is 1.